The summed E-state index contributed by atoms with van der Waals surface area (Å²) >= 11 is 5.93. The Morgan fingerprint density at radius 1 is 1.15 bits per heavy atom. The number of benzene rings is 1. The molecule has 2 aliphatic heterocycles. The van der Waals surface area contributed by atoms with E-state index in [4.69, 9.17) is 30.5 Å². The monoisotopic (exact) mass is 378 g/mol. The lowest BCUT2D eigenvalue weighted by Gasteiger charge is -2.31. The summed E-state index contributed by atoms with van der Waals surface area (Å²) in [6.07, 6.45) is -0.0466. The lowest BCUT2D eigenvalue weighted by molar-refractivity contribution is -0.145. The molecule has 8 heteroatoms. The van der Waals surface area contributed by atoms with Gasteiger partial charge in [-0.15, -0.1) is 0 Å². The lowest BCUT2D eigenvalue weighted by atomic mass is 9.90. The summed E-state index contributed by atoms with van der Waals surface area (Å²) in [6.45, 7) is 3.40. The molecule has 0 fully saturated rings. The molecule has 0 spiro atoms. The van der Waals surface area contributed by atoms with Gasteiger partial charge in [0.15, 0.2) is 11.9 Å². The number of hydrogen-bond donors (Lipinski definition) is 0. The molecule has 3 rings (SSSR count). The molecule has 0 radical (unpaired) electrons. The van der Waals surface area contributed by atoms with Crippen molar-refractivity contribution in [3.63, 3.8) is 0 Å². The lowest BCUT2D eigenvalue weighted by Crippen LogP contribution is -2.39. The van der Waals surface area contributed by atoms with E-state index in [9.17, 15) is 14.4 Å². The van der Waals surface area contributed by atoms with Crippen molar-refractivity contribution in [3.05, 3.63) is 52.0 Å². The summed E-state index contributed by atoms with van der Waals surface area (Å²) in [5, 5.41) is 0.366. The van der Waals surface area contributed by atoms with Crippen LogP contribution in [0.15, 0.2) is 41.4 Å². The van der Waals surface area contributed by atoms with Gasteiger partial charge in [-0.25, -0.2) is 9.59 Å². The van der Waals surface area contributed by atoms with E-state index in [-0.39, 0.29) is 41.4 Å². The molecule has 2 heterocycles. The Labute approximate surface area is 154 Å². The number of carbonyl (C=O) groups is 3. The van der Waals surface area contributed by atoms with E-state index < -0.39 is 23.8 Å². The second-order valence-corrected chi connectivity index (χ2v) is 5.78. The number of esters is 2. The van der Waals surface area contributed by atoms with Gasteiger partial charge in [-0.3, -0.25) is 4.79 Å². The minimum Gasteiger partial charge on any atom is -0.479 e. The highest BCUT2D eigenvalue weighted by Crippen LogP contribution is 2.38. The molecule has 2 aliphatic rings. The maximum absolute atomic E-state index is 12.8. The summed E-state index contributed by atoms with van der Waals surface area (Å²) < 4.78 is 21.0. The van der Waals surface area contributed by atoms with Crippen molar-refractivity contribution in [1.29, 1.82) is 0 Å². The predicted octanol–water partition coefficient (Wildman–Crippen LogP) is 2.58. The van der Waals surface area contributed by atoms with Crippen molar-refractivity contribution in [3.8, 4) is 5.75 Å². The zero-order valence-corrected chi connectivity index (χ0v) is 14.8. The Morgan fingerprint density at radius 3 is 2.54 bits per heavy atom. The zero-order valence-electron chi connectivity index (χ0n) is 14.0. The van der Waals surface area contributed by atoms with Crippen LogP contribution in [0, 0.1) is 0 Å². The third kappa shape index (κ3) is 3.06. The Morgan fingerprint density at radius 2 is 1.85 bits per heavy atom. The second-order valence-electron chi connectivity index (χ2n) is 5.34. The normalized spacial score (nSPS) is 18.0. The Bertz CT molecular complexity index is 853. The van der Waals surface area contributed by atoms with Crippen molar-refractivity contribution >= 4 is 29.3 Å². The van der Waals surface area contributed by atoms with Crippen molar-refractivity contribution in [2.75, 3.05) is 13.2 Å². The number of ketones is 1. The van der Waals surface area contributed by atoms with Crippen molar-refractivity contribution in [1.82, 2.24) is 0 Å². The smallest absolute Gasteiger partial charge is 0.374 e. The van der Waals surface area contributed by atoms with Crippen molar-refractivity contribution < 1.29 is 33.3 Å². The Hall–Kier alpha value is -2.80. The fraction of sp³-hybridized carbons (Fsp3) is 0.278. The van der Waals surface area contributed by atoms with Gasteiger partial charge in [0.25, 0.3) is 0 Å². The van der Waals surface area contributed by atoms with Crippen LogP contribution in [0.3, 0.4) is 0 Å². The molecule has 0 saturated carbocycles. The first-order chi connectivity index (χ1) is 12.5. The molecule has 0 aromatic heterocycles. The van der Waals surface area contributed by atoms with E-state index >= 15 is 0 Å². The molecule has 0 N–H and O–H groups in total. The molecule has 0 saturated heterocycles. The first-order valence-electron chi connectivity index (χ1n) is 7.93. The first-order valence-corrected chi connectivity index (χ1v) is 8.31. The van der Waals surface area contributed by atoms with Gasteiger partial charge in [-0.05, 0) is 32.0 Å². The zero-order chi connectivity index (χ0) is 18.8. The number of hydrogen-bond acceptors (Lipinski definition) is 7. The molecule has 1 aromatic carbocycles. The van der Waals surface area contributed by atoms with E-state index in [2.05, 4.69) is 0 Å². The highest BCUT2D eigenvalue weighted by Gasteiger charge is 2.44. The highest BCUT2D eigenvalue weighted by molar-refractivity contribution is 6.31. The highest BCUT2D eigenvalue weighted by atomic mass is 35.5. The van der Waals surface area contributed by atoms with Crippen LogP contribution < -0.4 is 4.74 Å². The molecule has 136 valence electrons. The molecule has 0 bridgehead atoms. The summed E-state index contributed by atoms with van der Waals surface area (Å²) in [5.74, 6) is -2.19. The van der Waals surface area contributed by atoms with E-state index in [1.54, 1.807) is 19.9 Å². The number of rotatable bonds is 4. The summed E-state index contributed by atoms with van der Waals surface area (Å²) in [6, 6.07) is 4.54. The minimum absolute atomic E-state index is 0.0656. The van der Waals surface area contributed by atoms with Crippen LogP contribution in [-0.2, 0) is 23.8 Å². The maximum Gasteiger partial charge on any atom is 0.374 e. The van der Waals surface area contributed by atoms with Crippen molar-refractivity contribution in [2.45, 2.75) is 20.0 Å². The SMILES string of the molecule is CCOC(=O)C1=C(C(=O)OCC)C2Oc3ccc(Cl)cc3C(=O)C2=CO1. The number of fused-ring (bicyclic) bond motifs is 2. The van der Waals surface area contributed by atoms with Crippen LogP contribution >= 0.6 is 11.6 Å². The van der Waals surface area contributed by atoms with E-state index in [0.717, 1.165) is 6.26 Å². The van der Waals surface area contributed by atoms with Crippen LogP contribution in [0.4, 0.5) is 0 Å². The number of Topliss-reactive ketones (excluding diaryl/α,β-unsaturated/α-hetero) is 1. The molecule has 0 aliphatic carbocycles. The first kappa shape index (κ1) is 18.0. The van der Waals surface area contributed by atoms with E-state index in [1.165, 1.54) is 12.1 Å². The van der Waals surface area contributed by atoms with Crippen molar-refractivity contribution in [2.24, 2.45) is 0 Å². The van der Waals surface area contributed by atoms with Crippen LogP contribution in [-0.4, -0.2) is 37.0 Å². The fourth-order valence-electron chi connectivity index (χ4n) is 2.65. The topological polar surface area (TPSA) is 88.1 Å². The fourth-order valence-corrected chi connectivity index (χ4v) is 2.82. The van der Waals surface area contributed by atoms with Gasteiger partial charge < -0.3 is 18.9 Å². The van der Waals surface area contributed by atoms with Crippen LogP contribution in [0.1, 0.15) is 24.2 Å². The van der Waals surface area contributed by atoms with E-state index in [0.29, 0.717) is 5.02 Å². The van der Waals surface area contributed by atoms with Crippen LogP contribution in [0.25, 0.3) is 0 Å². The second kappa shape index (κ2) is 7.21. The number of carbonyl (C=O) groups excluding carboxylic acids is 3. The summed E-state index contributed by atoms with van der Waals surface area (Å²) in [4.78, 5) is 37.4. The third-order valence-corrected chi connectivity index (χ3v) is 3.98. The molecule has 7 nitrogen and oxygen atoms in total. The number of ether oxygens (including phenoxy) is 4. The molecular formula is C18H15ClO7. The standard InChI is InChI=1S/C18H15ClO7/c1-3-23-17(21)13-15-11(8-25-16(13)18(22)24-4-2)14(20)10-7-9(19)5-6-12(10)26-15/h5-8,15H,3-4H2,1-2H3. The minimum atomic E-state index is -1.14. The van der Waals surface area contributed by atoms with Gasteiger partial charge in [-0.2, -0.15) is 0 Å². The molecule has 26 heavy (non-hydrogen) atoms. The van der Waals surface area contributed by atoms with Gasteiger partial charge >= 0.3 is 11.9 Å². The van der Waals surface area contributed by atoms with Gasteiger partial charge in [0.05, 0.1) is 24.4 Å². The molecular weight excluding hydrogens is 364 g/mol. The summed E-state index contributed by atoms with van der Waals surface area (Å²) in [7, 11) is 0. The molecule has 1 unspecified atom stereocenters. The summed E-state index contributed by atoms with van der Waals surface area (Å²) in [5.41, 5.74) is 0.0963. The molecule has 1 atom stereocenters. The van der Waals surface area contributed by atoms with Crippen LogP contribution in [0.2, 0.25) is 5.02 Å². The van der Waals surface area contributed by atoms with Gasteiger partial charge in [0.1, 0.15) is 17.6 Å². The maximum atomic E-state index is 12.8. The van der Waals surface area contributed by atoms with E-state index in [1.807, 2.05) is 0 Å². The average Bonchev–Trinajstić information content (AvgIpc) is 2.62. The van der Waals surface area contributed by atoms with Gasteiger partial charge in [0, 0.05) is 5.02 Å². The Kier molecular flexibility index (Phi) is 4.99. The van der Waals surface area contributed by atoms with Gasteiger partial charge in [0.2, 0.25) is 5.76 Å². The molecule has 0 amide bonds. The van der Waals surface area contributed by atoms with Gasteiger partial charge in [-0.1, -0.05) is 11.6 Å². The average molecular weight is 379 g/mol. The third-order valence-electron chi connectivity index (χ3n) is 3.74. The predicted molar refractivity (Wildman–Crippen MR) is 89.7 cm³/mol. The Balaban J connectivity index is 2.09. The van der Waals surface area contributed by atoms with Crippen LogP contribution in [0.5, 0.6) is 5.75 Å². The quantitative estimate of drug-likeness (QED) is 0.744. The largest absolute Gasteiger partial charge is 0.479 e. The number of halogens is 1. The molecule has 1 aromatic rings.